The van der Waals surface area contributed by atoms with E-state index in [9.17, 15) is 4.79 Å². The molecule has 0 aliphatic carbocycles. The van der Waals surface area contributed by atoms with Gasteiger partial charge < -0.3 is 5.21 Å². The predicted octanol–water partition coefficient (Wildman–Crippen LogP) is -0.432. The van der Waals surface area contributed by atoms with Crippen LogP contribution in [0.3, 0.4) is 0 Å². The normalized spacial score (nSPS) is 25.1. The minimum Gasteiger partial charge on any atom is -0.411 e. The molecule has 0 aromatic carbocycles. The number of nitrogens with zero attached hydrogens (tertiary/aromatic N) is 2. The number of carbonyl (C=O) groups is 1. The second-order valence-corrected chi connectivity index (χ2v) is 1.97. The number of oxime groups is 1. The lowest BCUT2D eigenvalue weighted by molar-refractivity contribution is -0.120. The highest BCUT2D eigenvalue weighted by molar-refractivity contribution is 6.17. The van der Waals surface area contributed by atoms with Crippen molar-refractivity contribution in [1.82, 2.24) is 5.43 Å². The molecule has 1 amide bonds. The van der Waals surface area contributed by atoms with E-state index in [4.69, 9.17) is 5.21 Å². The first-order valence-corrected chi connectivity index (χ1v) is 2.77. The van der Waals surface area contributed by atoms with Crippen molar-refractivity contribution in [2.45, 2.75) is 6.92 Å². The molecule has 5 heteroatoms. The Morgan fingerprint density at radius 2 is 2.60 bits per heavy atom. The van der Waals surface area contributed by atoms with Crippen LogP contribution in [0.15, 0.2) is 10.3 Å². The maximum atomic E-state index is 10.7. The van der Waals surface area contributed by atoms with Crippen LogP contribution in [0, 0.1) is 5.92 Å². The monoisotopic (exact) mass is 141 g/mol. The number of carbonyl (C=O) groups excluding carboxylic acids is 1. The van der Waals surface area contributed by atoms with Crippen molar-refractivity contribution in [3.8, 4) is 0 Å². The fraction of sp³-hybridized carbons (Fsp3) is 0.400. The van der Waals surface area contributed by atoms with Gasteiger partial charge in [-0.3, -0.25) is 4.79 Å². The summed E-state index contributed by atoms with van der Waals surface area (Å²) in [6.07, 6.45) is 1.14. The Morgan fingerprint density at radius 3 is 3.00 bits per heavy atom. The van der Waals surface area contributed by atoms with Crippen LogP contribution >= 0.6 is 0 Å². The van der Waals surface area contributed by atoms with E-state index in [2.05, 4.69) is 15.7 Å². The molecule has 0 saturated carbocycles. The number of hydrogen-bond donors (Lipinski definition) is 2. The molecule has 1 atom stereocenters. The summed E-state index contributed by atoms with van der Waals surface area (Å²) in [5.41, 5.74) is 2.86. The van der Waals surface area contributed by atoms with E-state index in [1.165, 1.54) is 0 Å². The maximum Gasteiger partial charge on any atom is 0.254 e. The standard InChI is InChI=1S/C5H7N3O2/c1-3-4(2-6-10)5(9)8-7-3/h2,4,10H,1H3,(H,8,9)/b6-2-/t4-/m0/s1. The number of hydrazone groups is 1. The van der Waals surface area contributed by atoms with Gasteiger partial charge in [-0.05, 0) is 6.92 Å². The zero-order chi connectivity index (χ0) is 7.56. The van der Waals surface area contributed by atoms with Crippen LogP contribution in [0.4, 0.5) is 0 Å². The second kappa shape index (κ2) is 2.47. The van der Waals surface area contributed by atoms with E-state index < -0.39 is 5.92 Å². The summed E-state index contributed by atoms with van der Waals surface area (Å²) in [6, 6.07) is 0. The van der Waals surface area contributed by atoms with E-state index >= 15 is 0 Å². The van der Waals surface area contributed by atoms with Gasteiger partial charge in [0.1, 0.15) is 5.92 Å². The van der Waals surface area contributed by atoms with Crippen molar-refractivity contribution in [3.63, 3.8) is 0 Å². The van der Waals surface area contributed by atoms with Crippen LogP contribution in [0.5, 0.6) is 0 Å². The molecular formula is C5H7N3O2. The molecule has 2 N–H and O–H groups in total. The lowest BCUT2D eigenvalue weighted by atomic mass is 10.1. The molecule has 1 aliphatic rings. The summed E-state index contributed by atoms with van der Waals surface area (Å²) in [4.78, 5) is 10.7. The molecule has 0 radical (unpaired) electrons. The van der Waals surface area contributed by atoms with Gasteiger partial charge in [0.15, 0.2) is 0 Å². The zero-order valence-electron chi connectivity index (χ0n) is 5.40. The molecule has 0 aromatic heterocycles. The second-order valence-electron chi connectivity index (χ2n) is 1.97. The van der Waals surface area contributed by atoms with E-state index in [1.54, 1.807) is 6.92 Å². The Bertz CT molecular complexity index is 209. The SMILES string of the molecule is CC1=NNC(=O)[C@H]1/C=N\O. The molecule has 5 nitrogen and oxygen atoms in total. The molecule has 1 rings (SSSR count). The Hall–Kier alpha value is -1.39. The Balaban J connectivity index is 2.74. The number of rotatable bonds is 1. The third-order valence-corrected chi connectivity index (χ3v) is 1.29. The van der Waals surface area contributed by atoms with Gasteiger partial charge in [-0.15, -0.1) is 5.16 Å². The first kappa shape index (κ1) is 6.73. The molecule has 0 aromatic rings. The maximum absolute atomic E-state index is 10.7. The van der Waals surface area contributed by atoms with Crippen molar-refractivity contribution in [3.05, 3.63) is 0 Å². The van der Waals surface area contributed by atoms with E-state index in [0.717, 1.165) is 6.21 Å². The zero-order valence-corrected chi connectivity index (χ0v) is 5.40. The number of hydrogen-bond acceptors (Lipinski definition) is 4. The molecule has 0 bridgehead atoms. The molecule has 0 saturated heterocycles. The first-order valence-electron chi connectivity index (χ1n) is 2.77. The Kier molecular flexibility index (Phi) is 1.66. The minimum absolute atomic E-state index is 0.254. The van der Waals surface area contributed by atoms with Gasteiger partial charge in [0.25, 0.3) is 5.91 Å². The average Bonchev–Trinajstić information content (AvgIpc) is 2.20. The Labute approximate surface area is 57.4 Å². The van der Waals surface area contributed by atoms with Crippen molar-refractivity contribution in [2.75, 3.05) is 0 Å². The predicted molar refractivity (Wildman–Crippen MR) is 35.0 cm³/mol. The number of nitrogens with one attached hydrogen (secondary N) is 1. The highest BCUT2D eigenvalue weighted by Crippen LogP contribution is 2.02. The van der Waals surface area contributed by atoms with Crippen molar-refractivity contribution < 1.29 is 10.0 Å². The summed E-state index contributed by atoms with van der Waals surface area (Å²) in [5.74, 6) is -0.750. The van der Waals surface area contributed by atoms with Gasteiger partial charge in [0.05, 0.1) is 11.9 Å². The van der Waals surface area contributed by atoms with Crippen LogP contribution in [0.1, 0.15) is 6.92 Å². The fourth-order valence-electron chi connectivity index (χ4n) is 0.714. The molecule has 0 unspecified atom stereocenters. The van der Waals surface area contributed by atoms with Crippen molar-refractivity contribution in [2.24, 2.45) is 16.2 Å². The molecule has 10 heavy (non-hydrogen) atoms. The quantitative estimate of drug-likeness (QED) is 0.295. The van der Waals surface area contributed by atoms with Crippen LogP contribution in [-0.4, -0.2) is 23.0 Å². The topological polar surface area (TPSA) is 74.0 Å². The highest BCUT2D eigenvalue weighted by atomic mass is 16.4. The minimum atomic E-state index is -0.495. The van der Waals surface area contributed by atoms with Crippen LogP contribution in [0.25, 0.3) is 0 Å². The van der Waals surface area contributed by atoms with Gasteiger partial charge in [-0.25, -0.2) is 5.43 Å². The van der Waals surface area contributed by atoms with E-state index in [-0.39, 0.29) is 5.91 Å². The van der Waals surface area contributed by atoms with Crippen LogP contribution in [-0.2, 0) is 4.79 Å². The fourth-order valence-corrected chi connectivity index (χ4v) is 0.714. The first-order chi connectivity index (χ1) is 4.75. The lowest BCUT2D eigenvalue weighted by Gasteiger charge is -1.95. The van der Waals surface area contributed by atoms with Gasteiger partial charge >= 0.3 is 0 Å². The average molecular weight is 141 g/mol. The van der Waals surface area contributed by atoms with Gasteiger partial charge in [0.2, 0.25) is 0 Å². The lowest BCUT2D eigenvalue weighted by Crippen LogP contribution is -2.23. The Morgan fingerprint density at radius 1 is 1.90 bits per heavy atom. The van der Waals surface area contributed by atoms with Crippen molar-refractivity contribution in [1.29, 1.82) is 0 Å². The number of amides is 1. The van der Waals surface area contributed by atoms with Gasteiger partial charge in [-0.2, -0.15) is 5.10 Å². The molecule has 0 spiro atoms. The summed E-state index contributed by atoms with van der Waals surface area (Å²) < 4.78 is 0. The summed E-state index contributed by atoms with van der Waals surface area (Å²) >= 11 is 0. The van der Waals surface area contributed by atoms with Crippen LogP contribution in [0.2, 0.25) is 0 Å². The molecule has 1 aliphatic heterocycles. The van der Waals surface area contributed by atoms with E-state index in [0.29, 0.717) is 5.71 Å². The summed E-state index contributed by atoms with van der Waals surface area (Å²) in [7, 11) is 0. The third-order valence-electron chi connectivity index (χ3n) is 1.29. The van der Waals surface area contributed by atoms with Crippen LogP contribution < -0.4 is 5.43 Å². The smallest absolute Gasteiger partial charge is 0.254 e. The molecule has 54 valence electrons. The summed E-state index contributed by atoms with van der Waals surface area (Å²) in [6.45, 7) is 1.68. The molecule has 1 heterocycles. The molecular weight excluding hydrogens is 134 g/mol. The van der Waals surface area contributed by atoms with Gasteiger partial charge in [-0.1, -0.05) is 0 Å². The largest absolute Gasteiger partial charge is 0.411 e. The van der Waals surface area contributed by atoms with E-state index in [1.807, 2.05) is 0 Å². The van der Waals surface area contributed by atoms with Gasteiger partial charge in [0, 0.05) is 0 Å². The molecule has 0 fully saturated rings. The highest BCUT2D eigenvalue weighted by Gasteiger charge is 2.24. The summed E-state index contributed by atoms with van der Waals surface area (Å²) in [5, 5.41) is 14.5. The third kappa shape index (κ3) is 0.975. The van der Waals surface area contributed by atoms with Crippen molar-refractivity contribution >= 4 is 17.8 Å².